The summed E-state index contributed by atoms with van der Waals surface area (Å²) in [6, 6.07) is 10.8. The molecule has 1 aliphatic rings. The molecule has 124 valence electrons. The zero-order valence-electron chi connectivity index (χ0n) is 13.5. The Hall–Kier alpha value is -2.69. The number of halogens is 1. The number of nitrogens with zero attached hydrogens (tertiary/aromatic N) is 1. The lowest BCUT2D eigenvalue weighted by molar-refractivity contribution is 0.0793. The van der Waals surface area contributed by atoms with Gasteiger partial charge in [0.1, 0.15) is 5.82 Å². The van der Waals surface area contributed by atoms with Crippen LogP contribution in [0.5, 0.6) is 0 Å². The van der Waals surface area contributed by atoms with Crippen molar-refractivity contribution < 1.29 is 14.0 Å². The zero-order chi connectivity index (χ0) is 17.1. The normalized spacial score (nSPS) is 13.8. The first-order valence-electron chi connectivity index (χ1n) is 8.02. The van der Waals surface area contributed by atoms with Gasteiger partial charge in [0, 0.05) is 18.7 Å². The topological polar surface area (TPSA) is 49.4 Å². The van der Waals surface area contributed by atoms with Crippen LogP contribution in [0.1, 0.15) is 39.1 Å². The summed E-state index contributed by atoms with van der Waals surface area (Å²) < 4.78 is 13.3. The van der Waals surface area contributed by atoms with E-state index in [1.807, 2.05) is 13.0 Å². The number of rotatable bonds is 3. The van der Waals surface area contributed by atoms with Gasteiger partial charge in [0.25, 0.3) is 11.8 Å². The molecule has 0 spiro atoms. The van der Waals surface area contributed by atoms with Crippen molar-refractivity contribution in [3.8, 4) is 0 Å². The lowest BCUT2D eigenvalue weighted by Gasteiger charge is -2.19. The highest BCUT2D eigenvalue weighted by atomic mass is 19.1. The van der Waals surface area contributed by atoms with Crippen molar-refractivity contribution in [2.45, 2.75) is 19.8 Å². The Morgan fingerprint density at radius 2 is 1.79 bits per heavy atom. The van der Waals surface area contributed by atoms with E-state index in [-0.39, 0.29) is 11.5 Å². The van der Waals surface area contributed by atoms with Gasteiger partial charge in [-0.2, -0.15) is 0 Å². The molecule has 1 saturated heterocycles. The quantitative estimate of drug-likeness (QED) is 0.936. The highest BCUT2D eigenvalue weighted by molar-refractivity contribution is 6.09. The van der Waals surface area contributed by atoms with Crippen LogP contribution in [0.25, 0.3) is 0 Å². The van der Waals surface area contributed by atoms with Crippen LogP contribution in [-0.4, -0.2) is 29.8 Å². The van der Waals surface area contributed by atoms with Crippen LogP contribution in [0.15, 0.2) is 42.5 Å². The number of nitrogens with one attached hydrogen (secondary N) is 1. The van der Waals surface area contributed by atoms with Gasteiger partial charge in [-0.3, -0.25) is 9.59 Å². The predicted molar refractivity (Wildman–Crippen MR) is 90.7 cm³/mol. The Morgan fingerprint density at radius 3 is 2.50 bits per heavy atom. The molecule has 0 unspecified atom stereocenters. The van der Waals surface area contributed by atoms with E-state index in [9.17, 15) is 14.0 Å². The molecule has 0 radical (unpaired) electrons. The van der Waals surface area contributed by atoms with E-state index < -0.39 is 11.7 Å². The number of hydrogen-bond acceptors (Lipinski definition) is 2. The van der Waals surface area contributed by atoms with E-state index in [1.165, 1.54) is 24.3 Å². The summed E-state index contributed by atoms with van der Waals surface area (Å²) >= 11 is 0. The summed E-state index contributed by atoms with van der Waals surface area (Å²) in [5.74, 6) is -0.976. The number of hydrogen-bond donors (Lipinski definition) is 1. The molecular formula is C19H19FN2O2. The molecule has 0 saturated carbocycles. The van der Waals surface area contributed by atoms with Crippen LogP contribution in [0.3, 0.4) is 0 Å². The summed E-state index contributed by atoms with van der Waals surface area (Å²) in [4.78, 5) is 27.0. The minimum absolute atomic E-state index is 0.0693. The second kappa shape index (κ2) is 6.83. The van der Waals surface area contributed by atoms with Gasteiger partial charge in [-0.05, 0) is 49.6 Å². The van der Waals surface area contributed by atoms with Gasteiger partial charge in [0.15, 0.2) is 0 Å². The van der Waals surface area contributed by atoms with E-state index in [1.54, 1.807) is 17.0 Å². The highest BCUT2D eigenvalue weighted by Gasteiger charge is 2.24. The second-order valence-corrected chi connectivity index (χ2v) is 5.96. The van der Waals surface area contributed by atoms with Gasteiger partial charge in [-0.15, -0.1) is 0 Å². The molecule has 0 aromatic heterocycles. The summed E-state index contributed by atoms with van der Waals surface area (Å²) in [7, 11) is 0. The predicted octanol–water partition coefficient (Wildman–Crippen LogP) is 3.62. The number of anilines is 1. The Balaban J connectivity index is 1.89. The van der Waals surface area contributed by atoms with Gasteiger partial charge in [-0.25, -0.2) is 4.39 Å². The molecule has 0 aliphatic carbocycles. The number of aryl methyl sites for hydroxylation is 1. The minimum Gasteiger partial charge on any atom is -0.339 e. The number of likely N-dealkylation sites (tertiary alicyclic amines) is 1. The molecule has 0 atom stereocenters. The highest BCUT2D eigenvalue weighted by Crippen LogP contribution is 2.24. The van der Waals surface area contributed by atoms with Gasteiger partial charge in [0.2, 0.25) is 0 Å². The Kier molecular flexibility index (Phi) is 4.60. The monoisotopic (exact) mass is 326 g/mol. The Bertz CT molecular complexity index is 783. The molecule has 2 aromatic carbocycles. The van der Waals surface area contributed by atoms with Crippen LogP contribution in [-0.2, 0) is 0 Å². The van der Waals surface area contributed by atoms with E-state index in [0.717, 1.165) is 31.5 Å². The molecule has 3 rings (SSSR count). The van der Waals surface area contributed by atoms with Crippen LogP contribution >= 0.6 is 0 Å². The molecule has 5 heteroatoms. The minimum atomic E-state index is -0.472. The number of amides is 2. The number of carbonyl (C=O) groups is 2. The van der Waals surface area contributed by atoms with Crippen molar-refractivity contribution in [2.24, 2.45) is 0 Å². The van der Waals surface area contributed by atoms with E-state index >= 15 is 0 Å². The third-order valence-electron chi connectivity index (χ3n) is 4.21. The van der Waals surface area contributed by atoms with E-state index in [0.29, 0.717) is 11.3 Å². The van der Waals surface area contributed by atoms with Crippen molar-refractivity contribution in [3.05, 3.63) is 65.0 Å². The third kappa shape index (κ3) is 3.30. The fourth-order valence-electron chi connectivity index (χ4n) is 2.96. The standard InChI is InChI=1S/C19H19FN2O2/c1-13-6-4-9-16(17(13)19(24)22-10-2-3-11-22)21-18(23)14-7-5-8-15(20)12-14/h4-9,12H,2-3,10-11H2,1H3,(H,21,23). The lowest BCUT2D eigenvalue weighted by Crippen LogP contribution is -2.29. The van der Waals surface area contributed by atoms with Crippen LogP contribution < -0.4 is 5.32 Å². The molecule has 24 heavy (non-hydrogen) atoms. The van der Waals surface area contributed by atoms with Crippen LogP contribution in [0.2, 0.25) is 0 Å². The van der Waals surface area contributed by atoms with Crippen molar-refractivity contribution >= 4 is 17.5 Å². The van der Waals surface area contributed by atoms with Crippen molar-refractivity contribution in [2.75, 3.05) is 18.4 Å². The molecular weight excluding hydrogens is 307 g/mol. The van der Waals surface area contributed by atoms with Gasteiger partial charge < -0.3 is 10.2 Å². The van der Waals surface area contributed by atoms with Crippen molar-refractivity contribution in [1.29, 1.82) is 0 Å². The molecule has 2 amide bonds. The lowest BCUT2D eigenvalue weighted by atomic mass is 10.0. The maximum absolute atomic E-state index is 13.3. The SMILES string of the molecule is Cc1cccc(NC(=O)c2cccc(F)c2)c1C(=O)N1CCCC1. The van der Waals surface area contributed by atoms with Crippen molar-refractivity contribution in [1.82, 2.24) is 4.90 Å². The van der Waals surface area contributed by atoms with Gasteiger partial charge in [-0.1, -0.05) is 18.2 Å². The average Bonchev–Trinajstić information content (AvgIpc) is 3.09. The summed E-state index contributed by atoms with van der Waals surface area (Å²) in [5.41, 5.74) is 1.99. The van der Waals surface area contributed by atoms with Gasteiger partial charge >= 0.3 is 0 Å². The molecule has 1 N–H and O–H groups in total. The average molecular weight is 326 g/mol. The zero-order valence-corrected chi connectivity index (χ0v) is 13.5. The fraction of sp³-hybridized carbons (Fsp3) is 0.263. The number of benzene rings is 2. The van der Waals surface area contributed by atoms with Crippen molar-refractivity contribution in [3.63, 3.8) is 0 Å². The fourth-order valence-corrected chi connectivity index (χ4v) is 2.96. The molecule has 2 aromatic rings. The molecule has 4 nitrogen and oxygen atoms in total. The summed E-state index contributed by atoms with van der Waals surface area (Å²) in [6.45, 7) is 3.33. The maximum atomic E-state index is 13.3. The molecule has 1 fully saturated rings. The van der Waals surface area contributed by atoms with E-state index in [4.69, 9.17) is 0 Å². The maximum Gasteiger partial charge on any atom is 0.256 e. The smallest absolute Gasteiger partial charge is 0.256 e. The third-order valence-corrected chi connectivity index (χ3v) is 4.21. The first-order valence-corrected chi connectivity index (χ1v) is 8.02. The van der Waals surface area contributed by atoms with Gasteiger partial charge in [0.05, 0.1) is 11.3 Å². The molecule has 1 aliphatic heterocycles. The molecule has 0 bridgehead atoms. The van der Waals surface area contributed by atoms with Crippen LogP contribution in [0.4, 0.5) is 10.1 Å². The first kappa shape index (κ1) is 16.2. The first-order chi connectivity index (χ1) is 11.6. The van der Waals surface area contributed by atoms with Crippen LogP contribution in [0, 0.1) is 12.7 Å². The summed E-state index contributed by atoms with van der Waals surface area (Å²) in [6.07, 6.45) is 2.01. The Morgan fingerprint density at radius 1 is 1.08 bits per heavy atom. The largest absolute Gasteiger partial charge is 0.339 e. The second-order valence-electron chi connectivity index (χ2n) is 5.96. The Labute approximate surface area is 140 Å². The number of carbonyl (C=O) groups excluding carboxylic acids is 2. The summed E-state index contributed by atoms with van der Waals surface area (Å²) in [5, 5.41) is 2.75. The van der Waals surface area contributed by atoms with E-state index in [2.05, 4.69) is 5.32 Å². The molecule has 1 heterocycles.